The molecule has 0 aromatic carbocycles. The lowest BCUT2D eigenvalue weighted by molar-refractivity contribution is -0.0499. The molecule has 3 rings (SSSR count). The van der Waals surface area contributed by atoms with Crippen molar-refractivity contribution >= 4 is 0 Å². The SMILES string of the molecule is Cc1ncccc1C1(O)CC2CCC(C1)N2C. The van der Waals surface area contributed by atoms with E-state index in [0.717, 1.165) is 24.1 Å². The van der Waals surface area contributed by atoms with Gasteiger partial charge < -0.3 is 10.0 Å². The van der Waals surface area contributed by atoms with E-state index in [1.165, 1.54) is 12.8 Å². The second-order valence-electron chi connectivity index (χ2n) is 5.63. The van der Waals surface area contributed by atoms with Crippen LogP contribution in [0.2, 0.25) is 0 Å². The number of hydrogen-bond acceptors (Lipinski definition) is 3. The predicted molar refractivity (Wildman–Crippen MR) is 66.7 cm³/mol. The van der Waals surface area contributed by atoms with Gasteiger partial charge in [0.2, 0.25) is 0 Å². The maximum atomic E-state index is 11.0. The van der Waals surface area contributed by atoms with Crippen molar-refractivity contribution < 1.29 is 5.11 Å². The average Bonchev–Trinajstić information content (AvgIpc) is 2.53. The Hall–Kier alpha value is -0.930. The summed E-state index contributed by atoms with van der Waals surface area (Å²) in [6.45, 7) is 1.99. The van der Waals surface area contributed by atoms with Crippen molar-refractivity contribution in [3.05, 3.63) is 29.6 Å². The van der Waals surface area contributed by atoms with Gasteiger partial charge in [0.05, 0.1) is 5.60 Å². The van der Waals surface area contributed by atoms with Crippen molar-refractivity contribution in [2.45, 2.75) is 50.3 Å². The Labute approximate surface area is 102 Å². The molecule has 3 heteroatoms. The van der Waals surface area contributed by atoms with Gasteiger partial charge in [-0.1, -0.05) is 6.07 Å². The third-order valence-corrected chi connectivity index (χ3v) is 4.64. The highest BCUT2D eigenvalue weighted by atomic mass is 16.3. The molecule has 2 fully saturated rings. The van der Waals surface area contributed by atoms with Gasteiger partial charge in [0.25, 0.3) is 0 Å². The van der Waals surface area contributed by atoms with Gasteiger partial charge in [-0.25, -0.2) is 0 Å². The highest BCUT2D eigenvalue weighted by molar-refractivity contribution is 5.28. The van der Waals surface area contributed by atoms with E-state index in [4.69, 9.17) is 0 Å². The highest BCUT2D eigenvalue weighted by Crippen LogP contribution is 2.45. The highest BCUT2D eigenvalue weighted by Gasteiger charge is 2.47. The van der Waals surface area contributed by atoms with Crippen molar-refractivity contribution in [1.82, 2.24) is 9.88 Å². The van der Waals surface area contributed by atoms with E-state index < -0.39 is 5.60 Å². The Kier molecular flexibility index (Phi) is 2.49. The van der Waals surface area contributed by atoms with Crippen LogP contribution in [0.15, 0.2) is 18.3 Å². The number of rotatable bonds is 1. The fourth-order valence-corrected chi connectivity index (χ4v) is 3.64. The van der Waals surface area contributed by atoms with E-state index in [2.05, 4.69) is 16.9 Å². The molecule has 92 valence electrons. The van der Waals surface area contributed by atoms with Gasteiger partial charge in [-0.05, 0) is 45.7 Å². The van der Waals surface area contributed by atoms with E-state index in [1.54, 1.807) is 6.20 Å². The van der Waals surface area contributed by atoms with Crippen molar-refractivity contribution in [3.63, 3.8) is 0 Å². The molecule has 2 unspecified atom stereocenters. The molecule has 2 atom stereocenters. The van der Waals surface area contributed by atoms with Gasteiger partial charge in [0.15, 0.2) is 0 Å². The number of aryl methyl sites for hydroxylation is 1. The summed E-state index contributed by atoms with van der Waals surface area (Å²) < 4.78 is 0. The molecule has 2 bridgehead atoms. The summed E-state index contributed by atoms with van der Waals surface area (Å²) in [6.07, 6.45) is 5.95. The fraction of sp³-hybridized carbons (Fsp3) is 0.643. The number of fused-ring (bicyclic) bond motifs is 2. The van der Waals surface area contributed by atoms with Crippen molar-refractivity contribution in [3.8, 4) is 0 Å². The lowest BCUT2D eigenvalue weighted by atomic mass is 9.80. The Morgan fingerprint density at radius 1 is 1.35 bits per heavy atom. The van der Waals surface area contributed by atoms with Crippen LogP contribution < -0.4 is 0 Å². The van der Waals surface area contributed by atoms with Gasteiger partial charge in [-0.3, -0.25) is 4.98 Å². The standard InChI is InChI=1S/C14H20N2O/c1-10-13(4-3-7-15-10)14(17)8-11-5-6-12(9-14)16(11)2/h3-4,7,11-12,17H,5-6,8-9H2,1-2H3. The van der Waals surface area contributed by atoms with Crippen LogP contribution in [0.1, 0.15) is 36.9 Å². The summed E-state index contributed by atoms with van der Waals surface area (Å²) in [6, 6.07) is 5.05. The van der Waals surface area contributed by atoms with Gasteiger partial charge in [-0.2, -0.15) is 0 Å². The average molecular weight is 232 g/mol. The Morgan fingerprint density at radius 3 is 2.59 bits per heavy atom. The van der Waals surface area contributed by atoms with Crippen LogP contribution in [0, 0.1) is 6.92 Å². The summed E-state index contributed by atoms with van der Waals surface area (Å²) in [5.41, 5.74) is 1.35. The van der Waals surface area contributed by atoms with Crippen molar-refractivity contribution in [2.75, 3.05) is 7.05 Å². The third kappa shape index (κ3) is 1.69. The first kappa shape index (κ1) is 11.2. The van der Waals surface area contributed by atoms with Crippen LogP contribution in [-0.4, -0.2) is 34.1 Å². The van der Waals surface area contributed by atoms with E-state index in [-0.39, 0.29) is 0 Å². The van der Waals surface area contributed by atoms with E-state index >= 15 is 0 Å². The van der Waals surface area contributed by atoms with Crippen LogP contribution in [0.3, 0.4) is 0 Å². The Balaban J connectivity index is 1.96. The second-order valence-corrected chi connectivity index (χ2v) is 5.63. The molecule has 17 heavy (non-hydrogen) atoms. The molecule has 0 aliphatic carbocycles. The maximum absolute atomic E-state index is 11.0. The van der Waals surface area contributed by atoms with Crippen LogP contribution in [0.4, 0.5) is 0 Å². The first-order chi connectivity index (χ1) is 8.10. The second kappa shape index (κ2) is 3.79. The van der Waals surface area contributed by atoms with Crippen molar-refractivity contribution in [2.24, 2.45) is 0 Å². The molecule has 0 spiro atoms. The van der Waals surface area contributed by atoms with Crippen LogP contribution in [0.5, 0.6) is 0 Å². The molecule has 0 saturated carbocycles. The maximum Gasteiger partial charge on any atom is 0.0943 e. The molecular formula is C14H20N2O. The number of piperidine rings is 1. The lowest BCUT2D eigenvalue weighted by Gasteiger charge is -2.42. The zero-order chi connectivity index (χ0) is 12.0. The normalized spacial score (nSPS) is 37.4. The van der Waals surface area contributed by atoms with Gasteiger partial charge in [0.1, 0.15) is 0 Å². The number of aromatic nitrogens is 1. The number of aliphatic hydroxyl groups is 1. The zero-order valence-corrected chi connectivity index (χ0v) is 10.6. The van der Waals surface area contributed by atoms with Gasteiger partial charge >= 0.3 is 0 Å². The molecule has 1 aromatic rings. The first-order valence-electron chi connectivity index (χ1n) is 6.46. The number of nitrogens with zero attached hydrogens (tertiary/aromatic N) is 2. The molecule has 3 heterocycles. The zero-order valence-electron chi connectivity index (χ0n) is 10.6. The van der Waals surface area contributed by atoms with Gasteiger partial charge in [-0.15, -0.1) is 0 Å². The first-order valence-corrected chi connectivity index (χ1v) is 6.46. The smallest absolute Gasteiger partial charge is 0.0943 e. The van der Waals surface area contributed by atoms with E-state index in [0.29, 0.717) is 12.1 Å². The lowest BCUT2D eigenvalue weighted by Crippen LogP contribution is -2.47. The van der Waals surface area contributed by atoms with E-state index in [1.807, 2.05) is 19.1 Å². The molecule has 3 nitrogen and oxygen atoms in total. The largest absolute Gasteiger partial charge is 0.385 e. The van der Waals surface area contributed by atoms with Crippen molar-refractivity contribution in [1.29, 1.82) is 0 Å². The quantitative estimate of drug-likeness (QED) is 0.802. The molecule has 1 aromatic heterocycles. The third-order valence-electron chi connectivity index (χ3n) is 4.64. The molecule has 2 saturated heterocycles. The monoisotopic (exact) mass is 232 g/mol. The molecule has 2 aliphatic heterocycles. The van der Waals surface area contributed by atoms with Crippen LogP contribution in [0.25, 0.3) is 0 Å². The van der Waals surface area contributed by atoms with Gasteiger partial charge in [0, 0.05) is 29.5 Å². The summed E-state index contributed by atoms with van der Waals surface area (Å²) >= 11 is 0. The summed E-state index contributed by atoms with van der Waals surface area (Å²) in [7, 11) is 2.19. The van der Waals surface area contributed by atoms with Crippen LogP contribution >= 0.6 is 0 Å². The molecular weight excluding hydrogens is 212 g/mol. The molecule has 2 aliphatic rings. The Morgan fingerprint density at radius 2 is 2.00 bits per heavy atom. The molecule has 0 radical (unpaired) electrons. The molecule has 1 N–H and O–H groups in total. The predicted octanol–water partition coefficient (Wildman–Crippen LogP) is 1.83. The Bertz CT molecular complexity index is 418. The minimum absolute atomic E-state index is 0.540. The van der Waals surface area contributed by atoms with Crippen LogP contribution in [-0.2, 0) is 5.60 Å². The number of pyridine rings is 1. The molecule has 0 amide bonds. The van der Waals surface area contributed by atoms with E-state index in [9.17, 15) is 5.11 Å². The summed E-state index contributed by atoms with van der Waals surface area (Å²) in [5.74, 6) is 0. The topological polar surface area (TPSA) is 36.4 Å². The summed E-state index contributed by atoms with van der Waals surface area (Å²) in [5, 5.41) is 11.0. The minimum Gasteiger partial charge on any atom is -0.385 e. The summed E-state index contributed by atoms with van der Waals surface area (Å²) in [4.78, 5) is 6.76. The minimum atomic E-state index is -0.656. The fourth-order valence-electron chi connectivity index (χ4n) is 3.64. The number of hydrogen-bond donors (Lipinski definition) is 1.